The van der Waals surface area contributed by atoms with Crippen molar-refractivity contribution < 1.29 is 0 Å². The fraction of sp³-hybridized carbons (Fsp3) is 0.0909. The van der Waals surface area contributed by atoms with Crippen molar-refractivity contribution in [2.24, 2.45) is 0 Å². The predicted octanol–water partition coefficient (Wildman–Crippen LogP) is 2.76. The van der Waals surface area contributed by atoms with Crippen LogP contribution in [0.5, 0.6) is 0 Å². The molecule has 0 amide bonds. The van der Waals surface area contributed by atoms with Gasteiger partial charge in [0.05, 0.1) is 11.4 Å². The molecule has 16 heavy (non-hydrogen) atoms. The Morgan fingerprint density at radius 3 is 2.62 bits per heavy atom. The van der Waals surface area contributed by atoms with E-state index in [0.29, 0.717) is 16.7 Å². The number of nitrogens with one attached hydrogen (secondary N) is 1. The average Bonchev–Trinajstić information content (AvgIpc) is 2.26. The first-order valence-electron chi connectivity index (χ1n) is 4.78. The van der Waals surface area contributed by atoms with Gasteiger partial charge in [0.1, 0.15) is 0 Å². The van der Waals surface area contributed by atoms with E-state index < -0.39 is 0 Å². The van der Waals surface area contributed by atoms with Crippen molar-refractivity contribution in [2.75, 3.05) is 11.1 Å². The van der Waals surface area contributed by atoms with Gasteiger partial charge in [-0.15, -0.1) is 10.2 Å². The van der Waals surface area contributed by atoms with Gasteiger partial charge in [-0.2, -0.15) is 0 Å². The average molecular weight is 235 g/mol. The summed E-state index contributed by atoms with van der Waals surface area (Å²) in [5.74, 6) is 0.616. The molecule has 0 aliphatic carbocycles. The minimum Gasteiger partial charge on any atom is -0.397 e. The van der Waals surface area contributed by atoms with E-state index in [-0.39, 0.29) is 0 Å². The van der Waals surface area contributed by atoms with Gasteiger partial charge in [-0.1, -0.05) is 23.7 Å². The number of halogens is 1. The smallest absolute Gasteiger partial charge is 0.153 e. The Balaban J connectivity index is 2.30. The van der Waals surface area contributed by atoms with Crippen LogP contribution in [-0.2, 0) is 0 Å². The first kappa shape index (κ1) is 10.7. The lowest BCUT2D eigenvalue weighted by Gasteiger charge is -2.10. The third-order valence-electron chi connectivity index (χ3n) is 2.19. The highest BCUT2D eigenvalue weighted by atomic mass is 35.5. The number of aryl methyl sites for hydroxylation is 1. The lowest BCUT2D eigenvalue weighted by Crippen LogP contribution is -2.00. The molecule has 82 valence electrons. The molecule has 0 atom stereocenters. The second kappa shape index (κ2) is 4.37. The molecule has 0 fully saturated rings. The van der Waals surface area contributed by atoms with Crippen molar-refractivity contribution in [1.82, 2.24) is 10.2 Å². The molecule has 2 aromatic rings. The number of rotatable bonds is 2. The molecule has 3 N–H and O–H groups in total. The molecule has 0 aliphatic rings. The summed E-state index contributed by atoms with van der Waals surface area (Å²) >= 11 is 5.65. The van der Waals surface area contributed by atoms with Crippen molar-refractivity contribution in [2.45, 2.75) is 6.92 Å². The van der Waals surface area contributed by atoms with Crippen LogP contribution in [0.2, 0.25) is 5.15 Å². The topological polar surface area (TPSA) is 63.8 Å². The van der Waals surface area contributed by atoms with Gasteiger partial charge in [0.25, 0.3) is 0 Å². The second-order valence-electron chi connectivity index (χ2n) is 3.41. The van der Waals surface area contributed by atoms with Crippen LogP contribution in [0.25, 0.3) is 0 Å². The zero-order valence-electron chi connectivity index (χ0n) is 8.74. The fourth-order valence-electron chi connectivity index (χ4n) is 1.37. The van der Waals surface area contributed by atoms with E-state index in [0.717, 1.165) is 11.3 Å². The van der Waals surface area contributed by atoms with Crippen LogP contribution < -0.4 is 11.1 Å². The first-order valence-corrected chi connectivity index (χ1v) is 5.16. The summed E-state index contributed by atoms with van der Waals surface area (Å²) in [5, 5.41) is 11.1. The normalized spacial score (nSPS) is 10.1. The van der Waals surface area contributed by atoms with Gasteiger partial charge in [0, 0.05) is 0 Å². The fourth-order valence-corrected chi connectivity index (χ4v) is 1.47. The van der Waals surface area contributed by atoms with Crippen LogP contribution in [-0.4, -0.2) is 10.2 Å². The molecule has 1 heterocycles. The van der Waals surface area contributed by atoms with Crippen LogP contribution >= 0.6 is 11.6 Å². The van der Waals surface area contributed by atoms with Crippen molar-refractivity contribution >= 4 is 28.8 Å². The minimum absolute atomic E-state index is 0.364. The SMILES string of the molecule is Cc1cccc(N)c1Nc1ccc(Cl)nn1. The molecule has 0 radical (unpaired) electrons. The molecule has 2 rings (SSSR count). The highest BCUT2D eigenvalue weighted by molar-refractivity contribution is 6.29. The number of para-hydroxylation sites is 1. The summed E-state index contributed by atoms with van der Waals surface area (Å²) in [7, 11) is 0. The Labute approximate surface area is 98.5 Å². The quantitative estimate of drug-likeness (QED) is 0.785. The van der Waals surface area contributed by atoms with Gasteiger partial charge in [-0.3, -0.25) is 0 Å². The Bertz CT molecular complexity index is 476. The monoisotopic (exact) mass is 234 g/mol. The van der Waals surface area contributed by atoms with Crippen LogP contribution in [0, 0.1) is 6.92 Å². The Morgan fingerprint density at radius 1 is 1.19 bits per heavy atom. The van der Waals surface area contributed by atoms with Crippen molar-refractivity contribution in [3.63, 3.8) is 0 Å². The Kier molecular flexibility index (Phi) is 2.92. The summed E-state index contributed by atoms with van der Waals surface area (Å²) in [5.41, 5.74) is 8.44. The summed E-state index contributed by atoms with van der Waals surface area (Å²) < 4.78 is 0. The molecule has 5 heteroatoms. The van der Waals surface area contributed by atoms with Crippen LogP contribution in [0.1, 0.15) is 5.56 Å². The predicted molar refractivity (Wildman–Crippen MR) is 65.9 cm³/mol. The van der Waals surface area contributed by atoms with Crippen molar-refractivity contribution in [1.29, 1.82) is 0 Å². The Hall–Kier alpha value is -1.81. The molecule has 0 saturated carbocycles. The molecular formula is C11H11ClN4. The van der Waals surface area contributed by atoms with E-state index >= 15 is 0 Å². The van der Waals surface area contributed by atoms with Gasteiger partial charge in [0.2, 0.25) is 0 Å². The van der Waals surface area contributed by atoms with E-state index in [2.05, 4.69) is 15.5 Å². The van der Waals surface area contributed by atoms with E-state index in [1.54, 1.807) is 12.1 Å². The lowest BCUT2D eigenvalue weighted by atomic mass is 10.1. The second-order valence-corrected chi connectivity index (χ2v) is 3.79. The third kappa shape index (κ3) is 2.23. The number of aromatic nitrogens is 2. The summed E-state index contributed by atoms with van der Waals surface area (Å²) in [4.78, 5) is 0. The molecule has 4 nitrogen and oxygen atoms in total. The van der Waals surface area contributed by atoms with Crippen LogP contribution in [0.3, 0.4) is 0 Å². The van der Waals surface area contributed by atoms with Gasteiger partial charge in [0.15, 0.2) is 11.0 Å². The van der Waals surface area contributed by atoms with Gasteiger partial charge in [-0.05, 0) is 30.7 Å². The largest absolute Gasteiger partial charge is 0.397 e. The van der Waals surface area contributed by atoms with Gasteiger partial charge >= 0.3 is 0 Å². The third-order valence-corrected chi connectivity index (χ3v) is 2.39. The molecule has 0 aliphatic heterocycles. The number of nitrogen functional groups attached to an aromatic ring is 1. The number of benzene rings is 1. The van der Waals surface area contributed by atoms with Gasteiger partial charge < -0.3 is 11.1 Å². The molecule has 1 aromatic carbocycles. The van der Waals surface area contributed by atoms with Crippen LogP contribution in [0.15, 0.2) is 30.3 Å². The standard InChI is InChI=1S/C11H11ClN4/c1-7-3-2-4-8(13)11(7)14-10-6-5-9(12)15-16-10/h2-6H,13H2,1H3,(H,14,16). The maximum absolute atomic E-state index is 5.86. The Morgan fingerprint density at radius 2 is 2.00 bits per heavy atom. The van der Waals surface area contributed by atoms with E-state index in [1.165, 1.54) is 0 Å². The number of nitrogens with zero attached hydrogens (tertiary/aromatic N) is 2. The number of anilines is 3. The minimum atomic E-state index is 0.364. The lowest BCUT2D eigenvalue weighted by molar-refractivity contribution is 1.04. The number of hydrogen-bond acceptors (Lipinski definition) is 4. The van der Waals surface area contributed by atoms with Gasteiger partial charge in [-0.25, -0.2) is 0 Å². The summed E-state index contributed by atoms with van der Waals surface area (Å²) in [6.45, 7) is 1.97. The zero-order chi connectivity index (χ0) is 11.5. The molecule has 0 saturated heterocycles. The number of hydrogen-bond donors (Lipinski definition) is 2. The summed E-state index contributed by atoms with van der Waals surface area (Å²) in [6, 6.07) is 9.14. The van der Waals surface area contributed by atoms with Crippen molar-refractivity contribution in [3.05, 3.63) is 41.0 Å². The zero-order valence-corrected chi connectivity index (χ0v) is 9.49. The molecule has 0 bridgehead atoms. The summed E-state index contributed by atoms with van der Waals surface area (Å²) in [6.07, 6.45) is 0. The first-order chi connectivity index (χ1) is 7.66. The van der Waals surface area contributed by atoms with E-state index in [1.807, 2.05) is 25.1 Å². The molecule has 1 aromatic heterocycles. The molecule has 0 spiro atoms. The van der Waals surface area contributed by atoms with Crippen molar-refractivity contribution in [3.8, 4) is 0 Å². The number of nitrogens with two attached hydrogens (primary N) is 1. The van der Waals surface area contributed by atoms with E-state index in [9.17, 15) is 0 Å². The maximum Gasteiger partial charge on any atom is 0.153 e. The highest BCUT2D eigenvalue weighted by Gasteiger charge is 2.03. The van der Waals surface area contributed by atoms with E-state index in [4.69, 9.17) is 17.3 Å². The molecular weight excluding hydrogens is 224 g/mol. The highest BCUT2D eigenvalue weighted by Crippen LogP contribution is 2.25. The molecule has 0 unspecified atom stereocenters. The maximum atomic E-state index is 5.86. The van der Waals surface area contributed by atoms with Crippen LogP contribution in [0.4, 0.5) is 17.2 Å².